The molecule has 0 radical (unpaired) electrons. The number of anilines is 1. The van der Waals surface area contributed by atoms with Crippen LogP contribution in [0.1, 0.15) is 0 Å². The number of benzene rings is 2. The molecular formula is C16H14BrFN2. The van der Waals surface area contributed by atoms with Crippen molar-refractivity contribution in [3.05, 3.63) is 65.0 Å². The van der Waals surface area contributed by atoms with Gasteiger partial charge in [0.2, 0.25) is 0 Å². The van der Waals surface area contributed by atoms with Crippen molar-refractivity contribution in [3.8, 4) is 0 Å². The third-order valence-electron chi connectivity index (χ3n) is 3.26. The van der Waals surface area contributed by atoms with Crippen molar-refractivity contribution >= 4 is 32.5 Å². The van der Waals surface area contributed by atoms with E-state index in [0.717, 1.165) is 23.2 Å². The maximum atomic E-state index is 12.8. The Morgan fingerprint density at radius 1 is 1.05 bits per heavy atom. The molecule has 0 aliphatic carbocycles. The van der Waals surface area contributed by atoms with Gasteiger partial charge in [0.15, 0.2) is 0 Å². The van der Waals surface area contributed by atoms with Crippen molar-refractivity contribution in [2.45, 2.75) is 6.54 Å². The van der Waals surface area contributed by atoms with Crippen LogP contribution in [0.4, 0.5) is 10.1 Å². The Kier molecular flexibility index (Phi) is 3.74. The quantitative estimate of drug-likeness (QED) is 0.735. The van der Waals surface area contributed by atoms with Crippen molar-refractivity contribution in [1.82, 2.24) is 4.57 Å². The SMILES string of the molecule is Fc1ccc(NCCn2ccc3cc(Br)ccc32)cc1. The summed E-state index contributed by atoms with van der Waals surface area (Å²) in [5.74, 6) is -0.211. The molecule has 0 spiro atoms. The minimum atomic E-state index is -0.211. The summed E-state index contributed by atoms with van der Waals surface area (Å²) in [6, 6.07) is 14.8. The number of hydrogen-bond acceptors (Lipinski definition) is 1. The van der Waals surface area contributed by atoms with Crippen LogP contribution < -0.4 is 5.32 Å². The van der Waals surface area contributed by atoms with Gasteiger partial charge in [-0.2, -0.15) is 0 Å². The van der Waals surface area contributed by atoms with Crippen LogP contribution in [-0.4, -0.2) is 11.1 Å². The minimum absolute atomic E-state index is 0.211. The first-order chi connectivity index (χ1) is 9.72. The van der Waals surface area contributed by atoms with Crippen LogP contribution in [0.15, 0.2) is 59.2 Å². The monoisotopic (exact) mass is 332 g/mol. The van der Waals surface area contributed by atoms with Gasteiger partial charge in [-0.15, -0.1) is 0 Å². The van der Waals surface area contributed by atoms with Gasteiger partial charge in [-0.3, -0.25) is 0 Å². The molecule has 1 heterocycles. The summed E-state index contributed by atoms with van der Waals surface area (Å²) in [5, 5.41) is 4.51. The van der Waals surface area contributed by atoms with E-state index in [-0.39, 0.29) is 5.82 Å². The van der Waals surface area contributed by atoms with E-state index in [1.807, 2.05) is 6.07 Å². The molecular weight excluding hydrogens is 319 g/mol. The standard InChI is InChI=1S/C16H14BrFN2/c17-13-1-6-16-12(11-13)7-9-20(16)10-8-19-15-4-2-14(18)3-5-15/h1-7,9,11,19H,8,10H2. The van der Waals surface area contributed by atoms with Gasteiger partial charge in [-0.25, -0.2) is 4.39 Å². The highest BCUT2D eigenvalue weighted by molar-refractivity contribution is 9.10. The topological polar surface area (TPSA) is 17.0 Å². The van der Waals surface area contributed by atoms with E-state index < -0.39 is 0 Å². The van der Waals surface area contributed by atoms with Gasteiger partial charge in [-0.05, 0) is 48.5 Å². The Morgan fingerprint density at radius 2 is 1.85 bits per heavy atom. The second-order valence-electron chi connectivity index (χ2n) is 4.65. The fraction of sp³-hybridized carbons (Fsp3) is 0.125. The average Bonchev–Trinajstić information content (AvgIpc) is 2.83. The molecule has 4 heteroatoms. The van der Waals surface area contributed by atoms with Gasteiger partial charge in [0.1, 0.15) is 5.82 Å². The fourth-order valence-electron chi connectivity index (χ4n) is 2.25. The van der Waals surface area contributed by atoms with Crippen molar-refractivity contribution < 1.29 is 4.39 Å². The Morgan fingerprint density at radius 3 is 2.65 bits per heavy atom. The van der Waals surface area contributed by atoms with Gasteiger partial charge >= 0.3 is 0 Å². The van der Waals surface area contributed by atoms with E-state index in [4.69, 9.17) is 0 Å². The number of halogens is 2. The molecule has 102 valence electrons. The second kappa shape index (κ2) is 5.67. The fourth-order valence-corrected chi connectivity index (χ4v) is 2.63. The first-order valence-electron chi connectivity index (χ1n) is 6.46. The van der Waals surface area contributed by atoms with E-state index >= 15 is 0 Å². The molecule has 1 N–H and O–H groups in total. The number of nitrogens with one attached hydrogen (secondary N) is 1. The highest BCUT2D eigenvalue weighted by Gasteiger charge is 2.01. The first kappa shape index (κ1) is 13.2. The largest absolute Gasteiger partial charge is 0.383 e. The molecule has 0 saturated carbocycles. The molecule has 0 aliphatic rings. The van der Waals surface area contributed by atoms with Crippen molar-refractivity contribution in [2.75, 3.05) is 11.9 Å². The zero-order valence-corrected chi connectivity index (χ0v) is 12.4. The summed E-state index contributed by atoms with van der Waals surface area (Å²) >= 11 is 3.48. The highest BCUT2D eigenvalue weighted by Crippen LogP contribution is 2.20. The van der Waals surface area contributed by atoms with Crippen LogP contribution in [0, 0.1) is 5.82 Å². The Hall–Kier alpha value is -1.81. The molecule has 3 rings (SSSR count). The smallest absolute Gasteiger partial charge is 0.123 e. The van der Waals surface area contributed by atoms with Crippen LogP contribution >= 0.6 is 15.9 Å². The molecule has 20 heavy (non-hydrogen) atoms. The van der Waals surface area contributed by atoms with E-state index in [1.165, 1.54) is 23.0 Å². The molecule has 2 nitrogen and oxygen atoms in total. The lowest BCUT2D eigenvalue weighted by molar-refractivity contribution is 0.628. The second-order valence-corrected chi connectivity index (χ2v) is 5.56. The average molecular weight is 333 g/mol. The lowest BCUT2D eigenvalue weighted by Crippen LogP contribution is -2.09. The van der Waals surface area contributed by atoms with Gasteiger partial charge in [0.25, 0.3) is 0 Å². The third kappa shape index (κ3) is 2.85. The summed E-state index contributed by atoms with van der Waals surface area (Å²) in [6.45, 7) is 1.66. The summed E-state index contributed by atoms with van der Waals surface area (Å²) in [6.07, 6.45) is 2.09. The summed E-state index contributed by atoms with van der Waals surface area (Å²) in [5.41, 5.74) is 2.15. The van der Waals surface area contributed by atoms with E-state index in [9.17, 15) is 4.39 Å². The first-order valence-corrected chi connectivity index (χ1v) is 7.25. The summed E-state index contributed by atoms with van der Waals surface area (Å²) < 4.78 is 16.1. The molecule has 0 saturated heterocycles. The van der Waals surface area contributed by atoms with Gasteiger partial charge in [-0.1, -0.05) is 15.9 Å². The van der Waals surface area contributed by atoms with Crippen LogP contribution in [0.25, 0.3) is 10.9 Å². The number of rotatable bonds is 4. The molecule has 3 aromatic rings. The number of aromatic nitrogens is 1. The van der Waals surface area contributed by atoms with E-state index in [0.29, 0.717) is 0 Å². The van der Waals surface area contributed by atoms with Crippen LogP contribution in [0.2, 0.25) is 0 Å². The van der Waals surface area contributed by atoms with Gasteiger partial charge in [0.05, 0.1) is 0 Å². The zero-order valence-electron chi connectivity index (χ0n) is 10.8. The predicted octanol–water partition coefficient (Wildman–Crippen LogP) is 4.66. The lowest BCUT2D eigenvalue weighted by atomic mass is 10.2. The van der Waals surface area contributed by atoms with Gasteiger partial charge in [0, 0.05) is 40.3 Å². The van der Waals surface area contributed by atoms with Gasteiger partial charge < -0.3 is 9.88 Å². The highest BCUT2D eigenvalue weighted by atomic mass is 79.9. The lowest BCUT2D eigenvalue weighted by Gasteiger charge is -2.08. The Balaban J connectivity index is 1.66. The van der Waals surface area contributed by atoms with Crippen molar-refractivity contribution in [3.63, 3.8) is 0 Å². The van der Waals surface area contributed by atoms with Crippen molar-refractivity contribution in [1.29, 1.82) is 0 Å². The van der Waals surface area contributed by atoms with Crippen LogP contribution in [0.5, 0.6) is 0 Å². The molecule has 0 fully saturated rings. The summed E-state index contributed by atoms with van der Waals surface area (Å²) in [7, 11) is 0. The van der Waals surface area contributed by atoms with Crippen molar-refractivity contribution in [2.24, 2.45) is 0 Å². The van der Waals surface area contributed by atoms with Crippen LogP contribution in [0.3, 0.4) is 0 Å². The number of hydrogen-bond donors (Lipinski definition) is 1. The normalized spacial score (nSPS) is 10.9. The molecule has 2 aromatic carbocycles. The Labute approximate surface area is 125 Å². The Bertz CT molecular complexity index is 719. The third-order valence-corrected chi connectivity index (χ3v) is 3.75. The van der Waals surface area contributed by atoms with E-state index in [2.05, 4.69) is 50.2 Å². The maximum absolute atomic E-state index is 12.8. The van der Waals surface area contributed by atoms with Crippen LogP contribution in [-0.2, 0) is 6.54 Å². The number of fused-ring (bicyclic) bond motifs is 1. The predicted molar refractivity (Wildman–Crippen MR) is 84.5 cm³/mol. The summed E-state index contributed by atoms with van der Waals surface area (Å²) in [4.78, 5) is 0. The molecule has 0 atom stereocenters. The number of nitrogens with zero attached hydrogens (tertiary/aromatic N) is 1. The van der Waals surface area contributed by atoms with E-state index in [1.54, 1.807) is 12.1 Å². The molecule has 0 unspecified atom stereocenters. The zero-order chi connectivity index (χ0) is 13.9. The molecule has 1 aromatic heterocycles. The maximum Gasteiger partial charge on any atom is 0.123 e. The molecule has 0 aliphatic heterocycles. The minimum Gasteiger partial charge on any atom is -0.383 e. The molecule has 0 bridgehead atoms. The molecule has 0 amide bonds.